The largest absolute Gasteiger partial charge is 0.310 e. The lowest BCUT2D eigenvalue weighted by Crippen LogP contribution is -2.15. The van der Waals surface area contributed by atoms with Crippen LogP contribution in [0.2, 0.25) is 0 Å². The van der Waals surface area contributed by atoms with Crippen molar-refractivity contribution in [1.29, 1.82) is 0 Å². The van der Waals surface area contributed by atoms with Gasteiger partial charge >= 0.3 is 0 Å². The summed E-state index contributed by atoms with van der Waals surface area (Å²) in [5.41, 5.74) is 13.5. The molecule has 1 aliphatic carbocycles. The quantitative estimate of drug-likeness (QED) is 0.169. The maximum atomic E-state index is 2.44. The van der Waals surface area contributed by atoms with Crippen LogP contribution < -0.4 is 4.90 Å². The van der Waals surface area contributed by atoms with E-state index >= 15 is 0 Å². The molecule has 0 aromatic heterocycles. The maximum Gasteiger partial charge on any atom is 0.0467 e. The molecule has 0 bridgehead atoms. The predicted molar refractivity (Wildman–Crippen MR) is 205 cm³/mol. The number of benzene rings is 8. The van der Waals surface area contributed by atoms with Crippen molar-refractivity contribution in [2.75, 3.05) is 4.90 Å². The summed E-state index contributed by atoms with van der Waals surface area (Å²) in [6, 6.07) is 64.2. The lowest BCUT2D eigenvalue weighted by Gasteiger charge is -2.27. The zero-order valence-corrected chi connectivity index (χ0v) is 27.2. The molecule has 1 aliphatic rings. The second-order valence-corrected chi connectivity index (χ2v) is 13.4. The van der Waals surface area contributed by atoms with Crippen molar-refractivity contribution in [2.45, 2.75) is 19.3 Å². The topological polar surface area (TPSA) is 3.24 Å². The molecule has 0 heterocycles. The van der Waals surface area contributed by atoms with Crippen LogP contribution in [0.4, 0.5) is 17.1 Å². The lowest BCUT2D eigenvalue weighted by molar-refractivity contribution is 0.663. The van der Waals surface area contributed by atoms with Crippen LogP contribution in [-0.4, -0.2) is 0 Å². The van der Waals surface area contributed by atoms with Gasteiger partial charge in [0.1, 0.15) is 0 Å². The SMILES string of the molecule is CC1(C)c2cccc3ccc4cc(-c5cccc(N(c6ccccc6)c6cccc(-c7ccc(-c8ccccc8)cc7)c6)c5)cc1c4c23. The minimum atomic E-state index is -0.0507. The Morgan fingerprint density at radius 3 is 1.52 bits per heavy atom. The van der Waals surface area contributed by atoms with E-state index in [2.05, 4.69) is 195 Å². The highest BCUT2D eigenvalue weighted by atomic mass is 15.1. The third-order valence-corrected chi connectivity index (χ3v) is 10.2. The molecule has 8 aromatic carbocycles. The third kappa shape index (κ3) is 4.62. The van der Waals surface area contributed by atoms with E-state index < -0.39 is 0 Å². The van der Waals surface area contributed by atoms with Gasteiger partial charge in [0.05, 0.1) is 0 Å². The molecule has 0 radical (unpaired) electrons. The lowest BCUT2D eigenvalue weighted by atomic mass is 9.81. The monoisotopic (exact) mass is 613 g/mol. The number of hydrogen-bond acceptors (Lipinski definition) is 1. The normalized spacial score (nSPS) is 13.0. The van der Waals surface area contributed by atoms with Gasteiger partial charge in [-0.2, -0.15) is 0 Å². The van der Waals surface area contributed by atoms with Crippen molar-refractivity contribution in [2.24, 2.45) is 0 Å². The van der Waals surface area contributed by atoms with Gasteiger partial charge in [0, 0.05) is 22.5 Å². The highest BCUT2D eigenvalue weighted by Crippen LogP contribution is 2.50. The summed E-state index contributed by atoms with van der Waals surface area (Å²) in [7, 11) is 0. The molecule has 228 valence electrons. The fourth-order valence-electron chi connectivity index (χ4n) is 7.73. The van der Waals surface area contributed by atoms with Gasteiger partial charge in [0.25, 0.3) is 0 Å². The summed E-state index contributed by atoms with van der Waals surface area (Å²) in [5.74, 6) is 0. The first-order valence-electron chi connectivity index (χ1n) is 16.8. The zero-order valence-electron chi connectivity index (χ0n) is 27.2. The third-order valence-electron chi connectivity index (χ3n) is 10.2. The maximum absolute atomic E-state index is 2.44. The van der Waals surface area contributed by atoms with Crippen LogP contribution >= 0.6 is 0 Å². The van der Waals surface area contributed by atoms with Crippen LogP contribution in [0.15, 0.2) is 176 Å². The van der Waals surface area contributed by atoms with Crippen LogP contribution in [0.3, 0.4) is 0 Å². The molecule has 0 aliphatic heterocycles. The van der Waals surface area contributed by atoms with Gasteiger partial charge in [-0.25, -0.2) is 0 Å². The molecule has 0 unspecified atom stereocenters. The molecular formula is C47H35N. The van der Waals surface area contributed by atoms with E-state index in [9.17, 15) is 0 Å². The fraction of sp³-hybridized carbons (Fsp3) is 0.0638. The Hall–Kier alpha value is -5.92. The van der Waals surface area contributed by atoms with Crippen LogP contribution in [0.1, 0.15) is 25.0 Å². The highest BCUT2D eigenvalue weighted by Gasteiger charge is 2.34. The van der Waals surface area contributed by atoms with Crippen LogP contribution in [0.25, 0.3) is 54.9 Å². The second-order valence-electron chi connectivity index (χ2n) is 13.4. The van der Waals surface area contributed by atoms with Gasteiger partial charge in [-0.3, -0.25) is 0 Å². The van der Waals surface area contributed by atoms with E-state index in [1.165, 1.54) is 66.1 Å². The summed E-state index contributed by atoms with van der Waals surface area (Å²) < 4.78 is 0. The van der Waals surface area contributed by atoms with Crippen molar-refractivity contribution >= 4 is 38.6 Å². The Balaban J connectivity index is 1.13. The summed E-state index contributed by atoms with van der Waals surface area (Å²) in [6.45, 7) is 4.74. The molecule has 9 rings (SSSR count). The van der Waals surface area contributed by atoms with Gasteiger partial charge < -0.3 is 4.90 Å². The Labute approximate surface area is 282 Å². The van der Waals surface area contributed by atoms with Crippen molar-refractivity contribution in [3.63, 3.8) is 0 Å². The van der Waals surface area contributed by atoms with Crippen molar-refractivity contribution < 1.29 is 0 Å². The molecule has 0 amide bonds. The summed E-state index contributed by atoms with van der Waals surface area (Å²) in [4.78, 5) is 2.37. The molecule has 0 saturated carbocycles. The molecule has 0 spiro atoms. The van der Waals surface area contributed by atoms with Crippen molar-refractivity contribution in [1.82, 2.24) is 0 Å². The van der Waals surface area contributed by atoms with Gasteiger partial charge in [0.15, 0.2) is 0 Å². The molecule has 48 heavy (non-hydrogen) atoms. The van der Waals surface area contributed by atoms with E-state index in [0.29, 0.717) is 0 Å². The first kappa shape index (κ1) is 28.3. The molecule has 1 heteroatoms. The van der Waals surface area contributed by atoms with Crippen molar-refractivity contribution in [3.8, 4) is 33.4 Å². The fourth-order valence-corrected chi connectivity index (χ4v) is 7.73. The molecular weight excluding hydrogens is 579 g/mol. The number of anilines is 3. The highest BCUT2D eigenvalue weighted by molar-refractivity contribution is 6.15. The molecule has 0 fully saturated rings. The predicted octanol–water partition coefficient (Wildman–Crippen LogP) is 13.1. The van der Waals surface area contributed by atoms with E-state index in [-0.39, 0.29) is 5.41 Å². The van der Waals surface area contributed by atoms with Gasteiger partial charge in [-0.05, 0) is 115 Å². The minimum absolute atomic E-state index is 0.0507. The minimum Gasteiger partial charge on any atom is -0.310 e. The Kier molecular flexibility index (Phi) is 6.55. The second kappa shape index (κ2) is 11.1. The van der Waals surface area contributed by atoms with Gasteiger partial charge in [0.2, 0.25) is 0 Å². The number of nitrogens with zero attached hydrogens (tertiary/aromatic N) is 1. The first-order chi connectivity index (χ1) is 23.5. The molecule has 0 N–H and O–H groups in total. The average Bonchev–Trinajstić information content (AvgIpc) is 3.38. The summed E-state index contributed by atoms with van der Waals surface area (Å²) in [6.07, 6.45) is 0. The van der Waals surface area contributed by atoms with E-state index in [1.54, 1.807) is 0 Å². The van der Waals surface area contributed by atoms with Crippen LogP contribution in [0, 0.1) is 0 Å². The molecule has 8 aromatic rings. The standard InChI is InChI=1S/C47H35N/c1-47(2)43-21-11-14-35-26-27-38-28-39(31-44(47)46(38)45(35)43)37-16-10-20-42(30-37)48(40-17-7-4-8-18-40)41-19-9-15-36(29-41)34-24-22-33(23-25-34)32-12-5-3-6-13-32/h3-31H,1-2H3. The first-order valence-corrected chi connectivity index (χ1v) is 16.8. The zero-order chi connectivity index (χ0) is 32.2. The average molecular weight is 614 g/mol. The Bertz CT molecular complexity index is 2460. The molecule has 0 saturated heterocycles. The number of hydrogen-bond donors (Lipinski definition) is 0. The van der Waals surface area contributed by atoms with E-state index in [4.69, 9.17) is 0 Å². The van der Waals surface area contributed by atoms with E-state index in [1.807, 2.05) is 0 Å². The summed E-state index contributed by atoms with van der Waals surface area (Å²) in [5, 5.41) is 5.46. The number of rotatable bonds is 6. The molecule has 1 nitrogen and oxygen atoms in total. The van der Waals surface area contributed by atoms with Crippen LogP contribution in [0.5, 0.6) is 0 Å². The molecule has 0 atom stereocenters. The van der Waals surface area contributed by atoms with E-state index in [0.717, 1.165) is 17.1 Å². The van der Waals surface area contributed by atoms with Gasteiger partial charge in [-0.15, -0.1) is 0 Å². The van der Waals surface area contributed by atoms with Gasteiger partial charge in [-0.1, -0.05) is 141 Å². The van der Waals surface area contributed by atoms with Crippen LogP contribution in [-0.2, 0) is 5.41 Å². The summed E-state index contributed by atoms with van der Waals surface area (Å²) >= 11 is 0. The smallest absolute Gasteiger partial charge is 0.0467 e. The Morgan fingerprint density at radius 2 is 0.833 bits per heavy atom. The number of para-hydroxylation sites is 1. The van der Waals surface area contributed by atoms with Crippen molar-refractivity contribution in [3.05, 3.63) is 187 Å². The Morgan fingerprint density at radius 1 is 0.333 bits per heavy atom.